The van der Waals surface area contributed by atoms with Crippen LogP contribution in [0.5, 0.6) is 5.75 Å². The molecule has 6 nitrogen and oxygen atoms in total. The molecular weight excluding hydrogens is 323 g/mol. The van der Waals surface area contributed by atoms with Crippen molar-refractivity contribution in [2.45, 2.75) is 19.8 Å². The smallest absolute Gasteiger partial charge is 0.255 e. The van der Waals surface area contributed by atoms with Gasteiger partial charge in [0.1, 0.15) is 0 Å². The van der Waals surface area contributed by atoms with Crippen molar-refractivity contribution in [3.05, 3.63) is 42.0 Å². The second-order valence-electron chi connectivity index (χ2n) is 6.24. The fraction of sp³-hybridized carbons (Fsp3) is 0.389. The van der Waals surface area contributed by atoms with Gasteiger partial charge in [0.25, 0.3) is 5.91 Å². The van der Waals surface area contributed by atoms with E-state index in [1.807, 2.05) is 0 Å². The van der Waals surface area contributed by atoms with Crippen LogP contribution in [0.25, 0.3) is 0 Å². The van der Waals surface area contributed by atoms with Crippen molar-refractivity contribution in [2.75, 3.05) is 30.4 Å². The van der Waals surface area contributed by atoms with E-state index in [0.717, 1.165) is 37.9 Å². The molecule has 1 aliphatic rings. The van der Waals surface area contributed by atoms with Gasteiger partial charge in [-0.1, -0.05) is 6.92 Å². The normalized spacial score (nSPS) is 15.1. The Morgan fingerprint density at radius 2 is 1.96 bits per heavy atom. The van der Waals surface area contributed by atoms with Gasteiger partial charge in [-0.05, 0) is 37.0 Å². The van der Waals surface area contributed by atoms with Crippen molar-refractivity contribution in [3.63, 3.8) is 0 Å². The third-order valence-electron chi connectivity index (χ3n) is 4.38. The number of carbonyl (C=O) groups is 1. The number of anilines is 2. The van der Waals surface area contributed by atoms with Crippen molar-refractivity contribution >= 4 is 17.5 Å². The van der Waals surface area contributed by atoms with Crippen molar-refractivity contribution in [1.29, 1.82) is 0 Å². The maximum absolute atomic E-state index is 13.7. The van der Waals surface area contributed by atoms with E-state index < -0.39 is 11.7 Å². The van der Waals surface area contributed by atoms with Crippen molar-refractivity contribution in [3.8, 4) is 5.75 Å². The number of piperidine rings is 1. The lowest BCUT2D eigenvalue weighted by Crippen LogP contribution is -2.34. The molecule has 0 atom stereocenters. The molecule has 2 aromatic rings. The number of hydrogen-bond donors (Lipinski definition) is 1. The highest BCUT2D eigenvalue weighted by Gasteiger charge is 2.18. The van der Waals surface area contributed by atoms with Gasteiger partial charge in [0.05, 0.1) is 25.2 Å². The molecule has 1 aromatic heterocycles. The molecule has 1 aromatic carbocycles. The fourth-order valence-electron chi connectivity index (χ4n) is 2.77. The summed E-state index contributed by atoms with van der Waals surface area (Å²) in [6.45, 7) is 4.13. The average molecular weight is 344 g/mol. The lowest BCUT2D eigenvalue weighted by molar-refractivity contribution is 0.102. The van der Waals surface area contributed by atoms with Crippen LogP contribution in [0, 0.1) is 11.7 Å². The Labute approximate surface area is 146 Å². The van der Waals surface area contributed by atoms with Crippen LogP contribution in [-0.2, 0) is 0 Å². The van der Waals surface area contributed by atoms with E-state index in [9.17, 15) is 9.18 Å². The molecule has 0 unspecified atom stereocenters. The van der Waals surface area contributed by atoms with Gasteiger partial charge in [0, 0.05) is 18.7 Å². The van der Waals surface area contributed by atoms with Gasteiger partial charge in [-0.2, -0.15) is 0 Å². The molecule has 7 heteroatoms. The Kier molecular flexibility index (Phi) is 5.11. The highest BCUT2D eigenvalue weighted by molar-refractivity contribution is 6.04. The molecule has 1 fully saturated rings. The van der Waals surface area contributed by atoms with Gasteiger partial charge in [-0.15, -0.1) is 0 Å². The average Bonchev–Trinajstić information content (AvgIpc) is 2.63. The number of nitrogens with one attached hydrogen (secondary N) is 1. The first-order valence-electron chi connectivity index (χ1n) is 8.28. The van der Waals surface area contributed by atoms with Crippen LogP contribution < -0.4 is 15.0 Å². The molecule has 3 rings (SSSR count). The van der Waals surface area contributed by atoms with E-state index in [-0.39, 0.29) is 11.3 Å². The molecule has 2 heterocycles. The molecule has 1 N–H and O–H groups in total. The van der Waals surface area contributed by atoms with E-state index >= 15 is 0 Å². The summed E-state index contributed by atoms with van der Waals surface area (Å²) in [4.78, 5) is 23.0. The first-order valence-corrected chi connectivity index (χ1v) is 8.28. The largest absolute Gasteiger partial charge is 0.494 e. The van der Waals surface area contributed by atoms with Gasteiger partial charge >= 0.3 is 0 Å². The number of ether oxygens (including phenoxy) is 1. The standard InChI is InChI=1S/C18H21FN4O2/c1-12-5-7-23(8-6-12)18-20-10-14(11-21-18)22-17(24)13-3-4-16(25-2)15(19)9-13/h3-4,9-12H,5-8H2,1-2H3,(H,22,24). The van der Waals surface area contributed by atoms with Crippen LogP contribution in [0.4, 0.5) is 16.0 Å². The number of carbonyl (C=O) groups excluding carboxylic acids is 1. The van der Waals surface area contributed by atoms with Crippen LogP contribution in [-0.4, -0.2) is 36.1 Å². The van der Waals surface area contributed by atoms with Gasteiger partial charge in [0.2, 0.25) is 5.95 Å². The molecule has 0 aliphatic carbocycles. The molecule has 132 valence electrons. The van der Waals surface area contributed by atoms with E-state index in [2.05, 4.69) is 27.1 Å². The third-order valence-corrected chi connectivity index (χ3v) is 4.38. The summed E-state index contributed by atoms with van der Waals surface area (Å²) in [5.41, 5.74) is 0.669. The number of rotatable bonds is 4. The van der Waals surface area contributed by atoms with Crippen molar-refractivity contribution < 1.29 is 13.9 Å². The van der Waals surface area contributed by atoms with Crippen LogP contribution in [0.15, 0.2) is 30.6 Å². The summed E-state index contributed by atoms with van der Waals surface area (Å²) in [7, 11) is 1.38. The Hall–Kier alpha value is -2.70. The van der Waals surface area contributed by atoms with E-state index in [4.69, 9.17) is 4.74 Å². The van der Waals surface area contributed by atoms with Crippen LogP contribution in [0.2, 0.25) is 0 Å². The number of aromatic nitrogens is 2. The maximum Gasteiger partial charge on any atom is 0.255 e. The van der Waals surface area contributed by atoms with E-state index in [0.29, 0.717) is 11.6 Å². The Morgan fingerprint density at radius 3 is 2.56 bits per heavy atom. The topological polar surface area (TPSA) is 67.3 Å². The summed E-state index contributed by atoms with van der Waals surface area (Å²) in [6.07, 6.45) is 5.39. The second-order valence-corrected chi connectivity index (χ2v) is 6.24. The molecule has 0 bridgehead atoms. The molecular formula is C18H21FN4O2. The zero-order valence-electron chi connectivity index (χ0n) is 14.3. The van der Waals surface area contributed by atoms with Crippen LogP contribution >= 0.6 is 0 Å². The number of halogens is 1. The highest BCUT2D eigenvalue weighted by atomic mass is 19.1. The fourth-order valence-corrected chi connectivity index (χ4v) is 2.77. The monoisotopic (exact) mass is 344 g/mol. The van der Waals surface area contributed by atoms with Gasteiger partial charge < -0.3 is 15.0 Å². The number of amides is 1. The first kappa shape index (κ1) is 17.1. The molecule has 0 radical (unpaired) electrons. The summed E-state index contributed by atoms with van der Waals surface area (Å²) in [5.74, 6) is 0.492. The zero-order valence-corrected chi connectivity index (χ0v) is 14.3. The summed E-state index contributed by atoms with van der Waals surface area (Å²) < 4.78 is 18.5. The SMILES string of the molecule is COc1ccc(C(=O)Nc2cnc(N3CCC(C)CC3)nc2)cc1F. The molecule has 1 aliphatic heterocycles. The van der Waals surface area contributed by atoms with Crippen LogP contribution in [0.1, 0.15) is 30.1 Å². The first-order chi connectivity index (χ1) is 12.1. The van der Waals surface area contributed by atoms with Gasteiger partial charge in [-0.25, -0.2) is 14.4 Å². The third kappa shape index (κ3) is 4.04. The predicted octanol–water partition coefficient (Wildman–Crippen LogP) is 3.11. The molecule has 0 spiro atoms. The summed E-state index contributed by atoms with van der Waals surface area (Å²) in [5, 5.41) is 2.67. The minimum Gasteiger partial charge on any atom is -0.494 e. The Bertz CT molecular complexity index is 743. The number of methoxy groups -OCH3 is 1. The molecule has 1 amide bonds. The van der Waals surface area contributed by atoms with Gasteiger partial charge in [0.15, 0.2) is 11.6 Å². The van der Waals surface area contributed by atoms with E-state index in [1.165, 1.54) is 19.2 Å². The summed E-state index contributed by atoms with van der Waals surface area (Å²) >= 11 is 0. The Morgan fingerprint density at radius 1 is 1.28 bits per heavy atom. The second kappa shape index (κ2) is 7.46. The highest BCUT2D eigenvalue weighted by Crippen LogP contribution is 2.21. The number of benzene rings is 1. The molecule has 0 saturated carbocycles. The van der Waals surface area contributed by atoms with Crippen molar-refractivity contribution in [1.82, 2.24) is 9.97 Å². The zero-order chi connectivity index (χ0) is 17.8. The molecule has 1 saturated heterocycles. The van der Waals surface area contributed by atoms with Crippen molar-refractivity contribution in [2.24, 2.45) is 5.92 Å². The number of hydrogen-bond acceptors (Lipinski definition) is 5. The predicted molar refractivity (Wildman–Crippen MR) is 93.5 cm³/mol. The molecule has 25 heavy (non-hydrogen) atoms. The summed E-state index contributed by atoms with van der Waals surface area (Å²) in [6, 6.07) is 4.06. The lowest BCUT2D eigenvalue weighted by Gasteiger charge is -2.30. The Balaban J connectivity index is 1.65. The van der Waals surface area contributed by atoms with Gasteiger partial charge in [-0.3, -0.25) is 4.79 Å². The minimum atomic E-state index is -0.582. The van der Waals surface area contributed by atoms with E-state index in [1.54, 1.807) is 12.4 Å². The quantitative estimate of drug-likeness (QED) is 0.923. The number of nitrogens with zero attached hydrogens (tertiary/aromatic N) is 3. The maximum atomic E-state index is 13.7. The minimum absolute atomic E-state index is 0.0973. The lowest BCUT2D eigenvalue weighted by atomic mass is 10.00. The van der Waals surface area contributed by atoms with Crippen LogP contribution in [0.3, 0.4) is 0 Å².